The highest BCUT2D eigenvalue weighted by Gasteiger charge is 2.22. The minimum Gasteiger partial charge on any atom is -0.463 e. The zero-order chi connectivity index (χ0) is 16.2. The summed E-state index contributed by atoms with van der Waals surface area (Å²) in [5.41, 5.74) is 3.23. The second kappa shape index (κ2) is 7.51. The van der Waals surface area contributed by atoms with Crippen LogP contribution in [0.4, 0.5) is 4.39 Å². The summed E-state index contributed by atoms with van der Waals surface area (Å²) in [5, 5.41) is 0. The Kier molecular flexibility index (Phi) is 5.40. The number of hydrogen-bond acceptors (Lipinski definition) is 1. The van der Waals surface area contributed by atoms with Crippen LogP contribution in [-0.4, -0.2) is 0 Å². The van der Waals surface area contributed by atoms with Gasteiger partial charge in [-0.05, 0) is 61.1 Å². The molecule has 1 atom stereocenters. The molecule has 126 valence electrons. The van der Waals surface area contributed by atoms with Gasteiger partial charge in [0.1, 0.15) is 6.10 Å². The topological polar surface area (TPSA) is 9.23 Å². The Morgan fingerprint density at radius 3 is 2.39 bits per heavy atom. The quantitative estimate of drug-likeness (QED) is 0.616. The molecule has 1 aromatic carbocycles. The van der Waals surface area contributed by atoms with E-state index in [1.807, 2.05) is 0 Å². The van der Waals surface area contributed by atoms with E-state index in [1.165, 1.54) is 37.7 Å². The molecule has 0 bridgehead atoms. The van der Waals surface area contributed by atoms with Gasteiger partial charge in [0.2, 0.25) is 0 Å². The fourth-order valence-electron chi connectivity index (χ4n) is 3.85. The molecule has 0 radical (unpaired) electrons. The van der Waals surface area contributed by atoms with Crippen molar-refractivity contribution >= 4 is 0 Å². The average molecular weight is 316 g/mol. The van der Waals surface area contributed by atoms with Gasteiger partial charge in [0.05, 0.1) is 0 Å². The normalized spacial score (nSPS) is 28.6. The summed E-state index contributed by atoms with van der Waals surface area (Å²) in [4.78, 5) is 0. The zero-order valence-electron chi connectivity index (χ0n) is 14.5. The molecule has 2 aliphatic rings. The van der Waals surface area contributed by atoms with Crippen molar-refractivity contribution in [3.05, 3.63) is 47.0 Å². The molecular weight excluding hydrogens is 287 g/mol. The van der Waals surface area contributed by atoms with E-state index >= 15 is 0 Å². The Hall–Kier alpha value is -1.31. The molecular formula is C21H29FO. The number of aryl methyl sites for hydroxylation is 1. The van der Waals surface area contributed by atoms with E-state index in [0.29, 0.717) is 0 Å². The molecule has 0 N–H and O–H groups in total. The van der Waals surface area contributed by atoms with E-state index in [0.717, 1.165) is 42.2 Å². The first kappa shape index (κ1) is 16.5. The van der Waals surface area contributed by atoms with Crippen LogP contribution in [0.25, 0.3) is 0 Å². The van der Waals surface area contributed by atoms with E-state index in [-0.39, 0.29) is 12.1 Å². The van der Waals surface area contributed by atoms with Gasteiger partial charge < -0.3 is 4.74 Å². The van der Waals surface area contributed by atoms with E-state index in [1.54, 1.807) is 6.92 Å². The van der Waals surface area contributed by atoms with Crippen LogP contribution in [0, 0.1) is 11.8 Å². The lowest BCUT2D eigenvalue weighted by Crippen LogP contribution is -2.13. The van der Waals surface area contributed by atoms with Crippen molar-refractivity contribution in [1.29, 1.82) is 0 Å². The third kappa shape index (κ3) is 4.37. The molecule has 0 aromatic heterocycles. The number of benzene rings is 1. The second-order valence-electron chi connectivity index (χ2n) is 7.61. The van der Waals surface area contributed by atoms with E-state index < -0.39 is 0 Å². The monoisotopic (exact) mass is 316 g/mol. The molecule has 1 aromatic rings. The summed E-state index contributed by atoms with van der Waals surface area (Å²) >= 11 is 0. The van der Waals surface area contributed by atoms with Gasteiger partial charge in [0.15, 0.2) is 0 Å². The lowest BCUT2D eigenvalue weighted by molar-refractivity contribution is 0.0442. The summed E-state index contributed by atoms with van der Waals surface area (Å²) in [6.07, 6.45) is 9.63. The first-order chi connectivity index (χ1) is 11.1. The number of hydrogen-bond donors (Lipinski definition) is 0. The van der Waals surface area contributed by atoms with Crippen molar-refractivity contribution in [2.75, 3.05) is 0 Å². The van der Waals surface area contributed by atoms with Gasteiger partial charge in [-0.15, -0.1) is 0 Å². The van der Waals surface area contributed by atoms with Gasteiger partial charge in [-0.25, -0.2) is 0 Å². The minimum atomic E-state index is -0.378. The fourth-order valence-corrected chi connectivity index (χ4v) is 3.85. The molecule has 0 spiro atoms. The molecule has 1 unspecified atom stereocenters. The molecule has 2 heteroatoms. The molecule has 0 amide bonds. The molecule has 1 aliphatic heterocycles. The molecule has 1 saturated carbocycles. The second-order valence-corrected chi connectivity index (χ2v) is 7.61. The van der Waals surface area contributed by atoms with Crippen LogP contribution in [0.5, 0.6) is 0 Å². The van der Waals surface area contributed by atoms with Crippen LogP contribution in [0.15, 0.2) is 35.9 Å². The predicted molar refractivity (Wildman–Crippen MR) is 92.8 cm³/mol. The maximum absolute atomic E-state index is 13.6. The lowest BCUT2D eigenvalue weighted by Gasteiger charge is -2.26. The molecule has 1 aliphatic carbocycles. The van der Waals surface area contributed by atoms with Crippen molar-refractivity contribution in [1.82, 2.24) is 0 Å². The largest absolute Gasteiger partial charge is 0.463 e. The molecule has 23 heavy (non-hydrogen) atoms. The van der Waals surface area contributed by atoms with Gasteiger partial charge in [-0.3, -0.25) is 0 Å². The third-order valence-electron chi connectivity index (χ3n) is 5.69. The molecule has 0 saturated heterocycles. The Labute approximate surface area is 139 Å². The van der Waals surface area contributed by atoms with Crippen LogP contribution in [0.1, 0.15) is 76.0 Å². The summed E-state index contributed by atoms with van der Waals surface area (Å²) in [6.45, 7) is 4.18. The Morgan fingerprint density at radius 1 is 1.04 bits per heavy atom. The third-order valence-corrected chi connectivity index (χ3v) is 5.69. The molecule has 1 nitrogen and oxygen atoms in total. The summed E-state index contributed by atoms with van der Waals surface area (Å²) in [7, 11) is 0. The summed E-state index contributed by atoms with van der Waals surface area (Å²) in [5.74, 6) is 1.84. The Balaban J connectivity index is 1.51. The standard InChI is InChI=1S/C21H29FO/c1-15-3-6-17(7-4-15)8-9-18-10-12-19(13-11-18)20-14-5-16(2)21(22)23-20/h10-13,15,17,20H,3-9,14H2,1-2H3. The van der Waals surface area contributed by atoms with Crippen molar-refractivity contribution < 1.29 is 9.13 Å². The minimum absolute atomic E-state index is 0.118. The number of halogens is 1. The first-order valence-electron chi connectivity index (χ1n) is 9.22. The van der Waals surface area contributed by atoms with Crippen molar-refractivity contribution in [2.24, 2.45) is 11.8 Å². The average Bonchev–Trinajstić information content (AvgIpc) is 2.57. The van der Waals surface area contributed by atoms with Crippen LogP contribution in [-0.2, 0) is 11.2 Å². The van der Waals surface area contributed by atoms with Crippen LogP contribution < -0.4 is 0 Å². The first-order valence-corrected chi connectivity index (χ1v) is 9.22. The summed E-state index contributed by atoms with van der Waals surface area (Å²) in [6, 6.07) is 8.27. The van der Waals surface area contributed by atoms with Gasteiger partial charge in [-0.1, -0.05) is 56.9 Å². The number of rotatable bonds is 4. The highest BCUT2D eigenvalue weighted by Crippen LogP contribution is 2.34. The Bertz CT molecular complexity index is 537. The van der Waals surface area contributed by atoms with E-state index in [4.69, 9.17) is 4.74 Å². The SMILES string of the molecule is CC1=C(F)OC(c2ccc(CCC3CCC(C)CC3)cc2)CC1. The molecule has 1 fully saturated rings. The summed E-state index contributed by atoms with van der Waals surface area (Å²) < 4.78 is 19.0. The fraction of sp³-hybridized carbons (Fsp3) is 0.619. The lowest BCUT2D eigenvalue weighted by atomic mass is 9.80. The number of ether oxygens (including phenoxy) is 1. The van der Waals surface area contributed by atoms with Crippen LogP contribution >= 0.6 is 0 Å². The van der Waals surface area contributed by atoms with Gasteiger partial charge >= 0.3 is 0 Å². The van der Waals surface area contributed by atoms with E-state index in [9.17, 15) is 4.39 Å². The number of allylic oxidation sites excluding steroid dienone is 1. The van der Waals surface area contributed by atoms with Gasteiger partial charge in [0, 0.05) is 0 Å². The maximum Gasteiger partial charge on any atom is 0.272 e. The molecule has 1 heterocycles. The van der Waals surface area contributed by atoms with Crippen LogP contribution in [0.2, 0.25) is 0 Å². The smallest absolute Gasteiger partial charge is 0.272 e. The molecule has 3 rings (SSSR count). The highest BCUT2D eigenvalue weighted by molar-refractivity contribution is 5.25. The van der Waals surface area contributed by atoms with Gasteiger partial charge in [0.25, 0.3) is 6.01 Å². The maximum atomic E-state index is 13.6. The highest BCUT2D eigenvalue weighted by atomic mass is 19.1. The van der Waals surface area contributed by atoms with Crippen molar-refractivity contribution in [2.45, 2.75) is 71.3 Å². The van der Waals surface area contributed by atoms with Crippen LogP contribution in [0.3, 0.4) is 0 Å². The Morgan fingerprint density at radius 2 is 1.74 bits per heavy atom. The predicted octanol–water partition coefficient (Wildman–Crippen LogP) is 6.50. The van der Waals surface area contributed by atoms with E-state index in [2.05, 4.69) is 31.2 Å². The van der Waals surface area contributed by atoms with Crippen molar-refractivity contribution in [3.8, 4) is 0 Å². The van der Waals surface area contributed by atoms with Crippen molar-refractivity contribution in [3.63, 3.8) is 0 Å². The zero-order valence-corrected chi connectivity index (χ0v) is 14.5. The van der Waals surface area contributed by atoms with Gasteiger partial charge in [-0.2, -0.15) is 4.39 Å².